The Hall–Kier alpha value is -3.39. The molecule has 0 aliphatic rings. The molecule has 0 heterocycles. The highest BCUT2D eigenvalue weighted by molar-refractivity contribution is 7.92. The van der Waals surface area contributed by atoms with Gasteiger partial charge < -0.3 is 10.1 Å². The van der Waals surface area contributed by atoms with E-state index in [9.17, 15) is 17.6 Å². The Morgan fingerprint density at radius 2 is 1.47 bits per heavy atom. The minimum Gasteiger partial charge on any atom is -0.492 e. The predicted molar refractivity (Wildman–Crippen MR) is 122 cm³/mol. The van der Waals surface area contributed by atoms with Crippen LogP contribution >= 0.6 is 0 Å². The second-order valence-corrected chi connectivity index (χ2v) is 9.17. The van der Waals surface area contributed by atoms with Crippen molar-refractivity contribution in [1.82, 2.24) is 5.32 Å². The first-order valence-corrected chi connectivity index (χ1v) is 11.5. The first-order chi connectivity index (χ1) is 15.3. The van der Waals surface area contributed by atoms with E-state index in [1.807, 2.05) is 13.8 Å². The fourth-order valence-corrected chi connectivity index (χ4v) is 4.36. The highest BCUT2D eigenvalue weighted by atomic mass is 32.2. The maximum Gasteiger partial charge on any atom is 0.264 e. The molecule has 0 aliphatic heterocycles. The van der Waals surface area contributed by atoms with Crippen LogP contribution in [0, 0.1) is 19.7 Å². The smallest absolute Gasteiger partial charge is 0.264 e. The number of aryl methyl sites for hydroxylation is 2. The number of amides is 1. The van der Waals surface area contributed by atoms with Crippen molar-refractivity contribution in [3.8, 4) is 5.75 Å². The largest absolute Gasteiger partial charge is 0.492 e. The lowest BCUT2D eigenvalue weighted by Crippen LogP contribution is -2.41. The average Bonchev–Trinajstić information content (AvgIpc) is 2.77. The van der Waals surface area contributed by atoms with Crippen molar-refractivity contribution in [1.29, 1.82) is 0 Å². The van der Waals surface area contributed by atoms with Gasteiger partial charge in [0.15, 0.2) is 0 Å². The number of nitrogens with one attached hydrogen (secondary N) is 1. The first kappa shape index (κ1) is 23.3. The standard InChI is InChI=1S/C24H25FN2O4S/c1-18-3-9-21(10-4-18)27(32(29,30)23-13-5-19(2)6-14-23)17-24(28)26-15-16-31-22-11-7-20(25)8-12-22/h3-14H,15-17H2,1-2H3,(H,26,28). The van der Waals surface area contributed by atoms with Gasteiger partial charge in [0.05, 0.1) is 17.1 Å². The molecule has 0 aromatic heterocycles. The number of halogens is 1. The molecule has 6 nitrogen and oxygen atoms in total. The zero-order valence-corrected chi connectivity index (χ0v) is 18.7. The number of carbonyl (C=O) groups excluding carboxylic acids is 1. The van der Waals surface area contributed by atoms with E-state index in [1.54, 1.807) is 36.4 Å². The van der Waals surface area contributed by atoms with Gasteiger partial charge in [0.25, 0.3) is 10.0 Å². The second-order valence-electron chi connectivity index (χ2n) is 7.31. The number of nitrogens with zero attached hydrogens (tertiary/aromatic N) is 1. The van der Waals surface area contributed by atoms with E-state index in [2.05, 4.69) is 5.32 Å². The van der Waals surface area contributed by atoms with Crippen LogP contribution in [0.2, 0.25) is 0 Å². The van der Waals surface area contributed by atoms with E-state index in [-0.39, 0.29) is 30.4 Å². The summed E-state index contributed by atoms with van der Waals surface area (Å²) in [5.41, 5.74) is 2.31. The third-order valence-corrected chi connectivity index (χ3v) is 6.51. The van der Waals surface area contributed by atoms with Crippen LogP contribution in [0.1, 0.15) is 11.1 Å². The van der Waals surface area contributed by atoms with E-state index in [4.69, 9.17) is 4.74 Å². The highest BCUT2D eigenvalue weighted by Gasteiger charge is 2.27. The SMILES string of the molecule is Cc1ccc(N(CC(=O)NCCOc2ccc(F)cc2)S(=O)(=O)c2ccc(C)cc2)cc1. The average molecular weight is 457 g/mol. The van der Waals surface area contributed by atoms with Crippen molar-refractivity contribution in [2.24, 2.45) is 0 Å². The van der Waals surface area contributed by atoms with Crippen LogP contribution in [0.5, 0.6) is 5.75 Å². The molecule has 0 saturated heterocycles. The summed E-state index contributed by atoms with van der Waals surface area (Å²) < 4.78 is 46.1. The quantitative estimate of drug-likeness (QED) is 0.497. The van der Waals surface area contributed by atoms with Gasteiger partial charge in [-0.05, 0) is 62.4 Å². The Balaban J connectivity index is 1.69. The number of benzene rings is 3. The summed E-state index contributed by atoms with van der Waals surface area (Å²) in [6, 6.07) is 19.0. The minimum atomic E-state index is -3.95. The molecule has 0 radical (unpaired) electrons. The summed E-state index contributed by atoms with van der Waals surface area (Å²) in [5.74, 6) is -0.357. The van der Waals surface area contributed by atoms with Crippen LogP contribution in [-0.2, 0) is 14.8 Å². The predicted octanol–water partition coefficient (Wildman–Crippen LogP) is 3.83. The van der Waals surface area contributed by atoms with Crippen molar-refractivity contribution >= 4 is 21.6 Å². The molecule has 0 aliphatic carbocycles. The van der Waals surface area contributed by atoms with Crippen molar-refractivity contribution in [2.45, 2.75) is 18.7 Å². The molecule has 0 atom stereocenters. The van der Waals surface area contributed by atoms with Crippen LogP contribution in [0.25, 0.3) is 0 Å². The summed E-state index contributed by atoms with van der Waals surface area (Å²) in [4.78, 5) is 12.7. The zero-order valence-electron chi connectivity index (χ0n) is 17.9. The van der Waals surface area contributed by atoms with Gasteiger partial charge in [-0.1, -0.05) is 35.4 Å². The maximum absolute atomic E-state index is 13.3. The van der Waals surface area contributed by atoms with Crippen LogP contribution in [0.15, 0.2) is 77.7 Å². The Kier molecular flexibility index (Phi) is 7.48. The molecule has 0 bridgehead atoms. The Bertz CT molecular complexity index is 1150. The van der Waals surface area contributed by atoms with Gasteiger partial charge in [-0.3, -0.25) is 9.10 Å². The fourth-order valence-electron chi connectivity index (χ4n) is 2.94. The Morgan fingerprint density at radius 3 is 2.06 bits per heavy atom. The summed E-state index contributed by atoms with van der Waals surface area (Å²) in [5, 5.41) is 2.66. The number of ether oxygens (including phenoxy) is 1. The summed E-state index contributed by atoms with van der Waals surface area (Å²) in [6.07, 6.45) is 0. The van der Waals surface area contributed by atoms with Gasteiger partial charge in [0.1, 0.15) is 24.7 Å². The van der Waals surface area contributed by atoms with Crippen LogP contribution in [-0.4, -0.2) is 34.0 Å². The maximum atomic E-state index is 13.3. The molecule has 0 saturated carbocycles. The molecular weight excluding hydrogens is 431 g/mol. The normalized spacial score (nSPS) is 11.1. The van der Waals surface area contributed by atoms with Crippen molar-refractivity contribution in [3.63, 3.8) is 0 Å². The fraction of sp³-hybridized carbons (Fsp3) is 0.208. The van der Waals surface area contributed by atoms with E-state index < -0.39 is 15.9 Å². The third-order valence-electron chi connectivity index (χ3n) is 4.72. The Morgan fingerprint density at radius 1 is 0.906 bits per heavy atom. The monoisotopic (exact) mass is 456 g/mol. The van der Waals surface area contributed by atoms with Gasteiger partial charge in [-0.15, -0.1) is 0 Å². The first-order valence-electron chi connectivity index (χ1n) is 10.1. The number of anilines is 1. The van der Waals surface area contributed by atoms with E-state index in [0.717, 1.165) is 15.4 Å². The zero-order chi connectivity index (χ0) is 23.1. The van der Waals surface area contributed by atoms with Gasteiger partial charge in [-0.2, -0.15) is 0 Å². The van der Waals surface area contributed by atoms with Crippen molar-refractivity contribution < 1.29 is 22.3 Å². The molecular formula is C24H25FN2O4S. The van der Waals surface area contributed by atoms with Crippen LogP contribution in [0.3, 0.4) is 0 Å². The van der Waals surface area contributed by atoms with Gasteiger partial charge in [0.2, 0.25) is 5.91 Å². The molecule has 1 N–H and O–H groups in total. The molecule has 3 aromatic rings. The van der Waals surface area contributed by atoms with Gasteiger partial charge in [-0.25, -0.2) is 12.8 Å². The number of sulfonamides is 1. The molecule has 0 fully saturated rings. The van der Waals surface area contributed by atoms with Gasteiger partial charge >= 0.3 is 0 Å². The summed E-state index contributed by atoms with van der Waals surface area (Å²) in [6.45, 7) is 3.72. The lowest BCUT2D eigenvalue weighted by atomic mass is 10.2. The third kappa shape index (κ3) is 6.07. The highest BCUT2D eigenvalue weighted by Crippen LogP contribution is 2.24. The number of carbonyl (C=O) groups is 1. The molecule has 0 spiro atoms. The molecule has 32 heavy (non-hydrogen) atoms. The topological polar surface area (TPSA) is 75.7 Å². The molecule has 1 amide bonds. The Labute approximate surface area is 187 Å². The number of hydrogen-bond donors (Lipinski definition) is 1. The molecule has 3 rings (SSSR count). The lowest BCUT2D eigenvalue weighted by molar-refractivity contribution is -0.119. The molecule has 168 valence electrons. The molecule has 8 heteroatoms. The lowest BCUT2D eigenvalue weighted by Gasteiger charge is -2.24. The molecule has 0 unspecified atom stereocenters. The number of rotatable bonds is 9. The second kappa shape index (κ2) is 10.3. The summed E-state index contributed by atoms with van der Waals surface area (Å²) >= 11 is 0. The molecule has 3 aromatic carbocycles. The number of hydrogen-bond acceptors (Lipinski definition) is 4. The minimum absolute atomic E-state index is 0.108. The summed E-state index contributed by atoms with van der Waals surface area (Å²) in [7, 11) is -3.95. The van der Waals surface area contributed by atoms with Crippen LogP contribution in [0.4, 0.5) is 10.1 Å². The van der Waals surface area contributed by atoms with E-state index in [0.29, 0.717) is 11.4 Å². The van der Waals surface area contributed by atoms with Crippen molar-refractivity contribution in [2.75, 3.05) is 24.0 Å². The van der Waals surface area contributed by atoms with Crippen molar-refractivity contribution in [3.05, 3.63) is 89.7 Å². The van der Waals surface area contributed by atoms with Gasteiger partial charge in [0, 0.05) is 0 Å². The van der Waals surface area contributed by atoms with E-state index >= 15 is 0 Å². The van der Waals surface area contributed by atoms with Crippen LogP contribution < -0.4 is 14.4 Å². The van der Waals surface area contributed by atoms with E-state index in [1.165, 1.54) is 36.4 Å².